The summed E-state index contributed by atoms with van der Waals surface area (Å²) < 4.78 is 0. The summed E-state index contributed by atoms with van der Waals surface area (Å²) in [7, 11) is 0. The van der Waals surface area contributed by atoms with Gasteiger partial charge < -0.3 is 4.90 Å². The summed E-state index contributed by atoms with van der Waals surface area (Å²) in [5, 5.41) is 11.0. The summed E-state index contributed by atoms with van der Waals surface area (Å²) in [6.07, 6.45) is 3.19. The first-order valence-electron chi connectivity index (χ1n) is 6.62. The third-order valence-corrected chi connectivity index (χ3v) is 4.30. The molecule has 5 nitrogen and oxygen atoms in total. The van der Waals surface area contributed by atoms with Crippen LogP contribution in [0.25, 0.3) is 0 Å². The minimum Gasteiger partial charge on any atom is -0.364 e. The van der Waals surface area contributed by atoms with Crippen LogP contribution in [0, 0.1) is 17.0 Å². The topological polar surface area (TPSA) is 63.5 Å². The zero-order valence-electron chi connectivity index (χ0n) is 10.8. The number of anilines is 1. The molecular weight excluding hydrogens is 244 g/mol. The number of benzene rings is 1. The lowest BCUT2D eigenvalue weighted by Gasteiger charge is -2.36. The molecule has 0 saturated carbocycles. The molecule has 0 aromatic heterocycles. The van der Waals surface area contributed by atoms with Gasteiger partial charge in [-0.05, 0) is 25.8 Å². The molecule has 2 bridgehead atoms. The molecule has 2 aliphatic rings. The van der Waals surface area contributed by atoms with Crippen molar-refractivity contribution in [1.29, 1.82) is 0 Å². The maximum atomic E-state index is 11.6. The van der Waals surface area contributed by atoms with Gasteiger partial charge in [0.05, 0.1) is 10.5 Å². The van der Waals surface area contributed by atoms with Crippen molar-refractivity contribution in [3.8, 4) is 0 Å². The number of Topliss-reactive ketones (excluding diaryl/α,β-unsaturated/α-hetero) is 1. The van der Waals surface area contributed by atoms with E-state index in [1.54, 1.807) is 13.0 Å². The van der Waals surface area contributed by atoms with Gasteiger partial charge in [-0.15, -0.1) is 0 Å². The number of hydrogen-bond donors (Lipinski definition) is 0. The molecule has 0 N–H and O–H groups in total. The molecule has 0 aliphatic carbocycles. The van der Waals surface area contributed by atoms with Crippen molar-refractivity contribution in [2.45, 2.75) is 44.7 Å². The molecule has 0 spiro atoms. The van der Waals surface area contributed by atoms with Crippen LogP contribution in [0.5, 0.6) is 0 Å². The van der Waals surface area contributed by atoms with Gasteiger partial charge in [-0.3, -0.25) is 14.9 Å². The van der Waals surface area contributed by atoms with E-state index < -0.39 is 0 Å². The summed E-state index contributed by atoms with van der Waals surface area (Å²) >= 11 is 0. The summed E-state index contributed by atoms with van der Waals surface area (Å²) in [6, 6.07) is 5.66. The molecule has 2 aliphatic heterocycles. The highest BCUT2D eigenvalue weighted by Crippen LogP contribution is 2.40. The third-order valence-electron chi connectivity index (χ3n) is 4.30. The van der Waals surface area contributed by atoms with E-state index >= 15 is 0 Å². The van der Waals surface area contributed by atoms with E-state index in [4.69, 9.17) is 0 Å². The van der Waals surface area contributed by atoms with Crippen molar-refractivity contribution in [2.24, 2.45) is 0 Å². The van der Waals surface area contributed by atoms with Crippen LogP contribution in [-0.2, 0) is 4.79 Å². The number of carbonyl (C=O) groups excluding carboxylic acids is 1. The van der Waals surface area contributed by atoms with Crippen LogP contribution in [0.15, 0.2) is 18.2 Å². The quantitative estimate of drug-likeness (QED) is 0.605. The van der Waals surface area contributed by atoms with Crippen molar-refractivity contribution in [3.63, 3.8) is 0 Å². The zero-order valence-corrected chi connectivity index (χ0v) is 10.8. The lowest BCUT2D eigenvalue weighted by atomic mass is 9.99. The number of ketones is 1. The van der Waals surface area contributed by atoms with Crippen molar-refractivity contribution in [2.75, 3.05) is 4.90 Å². The minimum atomic E-state index is -0.337. The molecule has 100 valence electrons. The smallest absolute Gasteiger partial charge is 0.274 e. The van der Waals surface area contributed by atoms with Gasteiger partial charge in [0.2, 0.25) is 0 Å². The van der Waals surface area contributed by atoms with E-state index in [0.29, 0.717) is 24.2 Å². The average molecular weight is 260 g/mol. The Morgan fingerprint density at radius 2 is 1.89 bits per heavy atom. The van der Waals surface area contributed by atoms with E-state index in [1.165, 1.54) is 6.07 Å². The Morgan fingerprint density at radius 3 is 2.47 bits per heavy atom. The summed E-state index contributed by atoms with van der Waals surface area (Å²) in [5.41, 5.74) is 1.79. The molecule has 5 heteroatoms. The van der Waals surface area contributed by atoms with Gasteiger partial charge >= 0.3 is 0 Å². The number of nitro groups is 1. The number of piperidine rings is 1. The number of rotatable bonds is 2. The van der Waals surface area contributed by atoms with Crippen LogP contribution in [0.1, 0.15) is 31.2 Å². The van der Waals surface area contributed by atoms with E-state index in [0.717, 1.165) is 18.5 Å². The summed E-state index contributed by atoms with van der Waals surface area (Å²) in [5.74, 6) is 0.326. The van der Waals surface area contributed by atoms with Crippen LogP contribution < -0.4 is 4.90 Å². The second-order valence-electron chi connectivity index (χ2n) is 5.42. The predicted octanol–water partition coefficient (Wildman–Crippen LogP) is 2.60. The van der Waals surface area contributed by atoms with Gasteiger partial charge in [0.15, 0.2) is 0 Å². The maximum absolute atomic E-state index is 11.6. The van der Waals surface area contributed by atoms with Gasteiger partial charge in [-0.1, -0.05) is 6.07 Å². The molecule has 19 heavy (non-hydrogen) atoms. The van der Waals surface area contributed by atoms with E-state index in [2.05, 4.69) is 4.90 Å². The lowest BCUT2D eigenvalue weighted by Crippen LogP contribution is -2.43. The fourth-order valence-electron chi connectivity index (χ4n) is 3.45. The predicted molar refractivity (Wildman–Crippen MR) is 71.4 cm³/mol. The highest BCUT2D eigenvalue weighted by atomic mass is 16.6. The van der Waals surface area contributed by atoms with Gasteiger partial charge in [0.1, 0.15) is 5.78 Å². The van der Waals surface area contributed by atoms with Gasteiger partial charge in [0, 0.05) is 36.7 Å². The maximum Gasteiger partial charge on any atom is 0.274 e. The second kappa shape index (κ2) is 4.33. The Bertz CT molecular complexity index is 540. The Labute approximate surface area is 111 Å². The Kier molecular flexibility index (Phi) is 2.77. The van der Waals surface area contributed by atoms with Crippen LogP contribution in [0.2, 0.25) is 0 Å². The number of fused-ring (bicyclic) bond motifs is 2. The summed E-state index contributed by atoms with van der Waals surface area (Å²) in [6.45, 7) is 1.79. The first kappa shape index (κ1) is 12.1. The zero-order chi connectivity index (χ0) is 13.6. The minimum absolute atomic E-state index is 0.161. The monoisotopic (exact) mass is 260 g/mol. The molecule has 2 saturated heterocycles. The van der Waals surface area contributed by atoms with E-state index in [1.807, 2.05) is 6.07 Å². The van der Waals surface area contributed by atoms with Crippen molar-refractivity contribution in [1.82, 2.24) is 0 Å². The Morgan fingerprint density at radius 1 is 1.26 bits per heavy atom. The van der Waals surface area contributed by atoms with Crippen molar-refractivity contribution >= 4 is 17.2 Å². The van der Waals surface area contributed by atoms with Gasteiger partial charge in [-0.25, -0.2) is 0 Å². The van der Waals surface area contributed by atoms with Crippen LogP contribution in [-0.4, -0.2) is 22.8 Å². The summed E-state index contributed by atoms with van der Waals surface area (Å²) in [4.78, 5) is 24.5. The van der Waals surface area contributed by atoms with Gasteiger partial charge in [-0.2, -0.15) is 0 Å². The first-order chi connectivity index (χ1) is 9.08. The molecular formula is C14H16N2O3. The van der Waals surface area contributed by atoms with E-state index in [9.17, 15) is 14.9 Å². The Balaban J connectivity index is 2.02. The lowest BCUT2D eigenvalue weighted by molar-refractivity contribution is -0.385. The average Bonchev–Trinajstić information content (AvgIpc) is 2.62. The standard InChI is InChI=1S/C14H16N2O3/c1-9-13(3-2-4-14(9)16(18)19)15-10-5-6-11(15)8-12(17)7-10/h2-4,10-11H,5-8H2,1H3. The normalized spacial score (nSPS) is 25.7. The van der Waals surface area contributed by atoms with Crippen LogP contribution >= 0.6 is 0 Å². The number of hydrogen-bond acceptors (Lipinski definition) is 4. The van der Waals surface area contributed by atoms with Crippen LogP contribution in [0.4, 0.5) is 11.4 Å². The number of nitro benzene ring substituents is 1. The molecule has 0 amide bonds. The SMILES string of the molecule is Cc1c(N2C3CCC2CC(=O)C3)cccc1[N+](=O)[O-]. The molecule has 3 rings (SSSR count). The first-order valence-corrected chi connectivity index (χ1v) is 6.62. The molecule has 0 radical (unpaired) electrons. The number of carbonyl (C=O) groups is 1. The van der Waals surface area contributed by atoms with E-state index in [-0.39, 0.29) is 22.7 Å². The van der Waals surface area contributed by atoms with Gasteiger partial charge in [0.25, 0.3) is 5.69 Å². The molecule has 2 atom stereocenters. The van der Waals surface area contributed by atoms with Crippen LogP contribution in [0.3, 0.4) is 0 Å². The molecule has 1 aromatic rings. The fraction of sp³-hybridized carbons (Fsp3) is 0.500. The highest BCUT2D eigenvalue weighted by molar-refractivity contribution is 5.83. The fourth-order valence-corrected chi connectivity index (χ4v) is 3.45. The van der Waals surface area contributed by atoms with Crippen molar-refractivity contribution in [3.05, 3.63) is 33.9 Å². The highest BCUT2D eigenvalue weighted by Gasteiger charge is 2.41. The Hall–Kier alpha value is -1.91. The number of nitrogens with zero attached hydrogens (tertiary/aromatic N) is 2. The second-order valence-corrected chi connectivity index (χ2v) is 5.42. The van der Waals surface area contributed by atoms with Crippen molar-refractivity contribution < 1.29 is 9.72 Å². The largest absolute Gasteiger partial charge is 0.364 e. The molecule has 2 heterocycles. The molecule has 2 fully saturated rings. The third kappa shape index (κ3) is 1.89. The molecule has 2 unspecified atom stereocenters. The molecule has 1 aromatic carbocycles.